The number of allylic oxidation sites excluding steroid dienone is 1. The molecule has 0 aromatic heterocycles. The first-order valence-electron chi connectivity index (χ1n) is 17.8. The fourth-order valence-electron chi connectivity index (χ4n) is 8.07. The maximum atomic E-state index is 15.1. The number of aryl methyl sites for hydroxylation is 2. The maximum Gasteiger partial charge on any atom is 0.313 e. The molecule has 3 aliphatic rings. The van der Waals surface area contributed by atoms with Crippen LogP contribution in [-0.4, -0.2) is 82.0 Å². The number of carbonyl (C=O) groups is 4. The Kier molecular flexibility index (Phi) is 12.2. The van der Waals surface area contributed by atoms with Crippen molar-refractivity contribution in [3.8, 4) is 0 Å². The number of nitrogens with zero attached hydrogens (tertiary/aromatic N) is 2. The van der Waals surface area contributed by atoms with Crippen LogP contribution in [0.2, 0.25) is 0 Å². The van der Waals surface area contributed by atoms with Crippen molar-refractivity contribution in [2.75, 3.05) is 24.6 Å². The van der Waals surface area contributed by atoms with Crippen molar-refractivity contribution in [1.29, 1.82) is 0 Å². The summed E-state index contributed by atoms with van der Waals surface area (Å²) in [5, 5.41) is 13.6. The number of fused-ring (bicyclic) bond motifs is 1. The van der Waals surface area contributed by atoms with Gasteiger partial charge in [-0.05, 0) is 61.8 Å². The Hall–Kier alpha value is -3.80. The first-order chi connectivity index (χ1) is 24.4. The first-order valence-corrected chi connectivity index (χ1v) is 18.7. The molecule has 11 heteroatoms. The van der Waals surface area contributed by atoms with E-state index in [1.165, 1.54) is 4.90 Å². The van der Waals surface area contributed by atoms with E-state index in [-0.39, 0.29) is 48.7 Å². The van der Waals surface area contributed by atoms with Crippen LogP contribution < -0.4 is 10.2 Å². The summed E-state index contributed by atoms with van der Waals surface area (Å²) in [5.74, 6) is -3.58. The molecule has 8 atom stereocenters. The number of rotatable bonds is 16. The fourth-order valence-corrected chi connectivity index (χ4v) is 9.01. The van der Waals surface area contributed by atoms with Gasteiger partial charge in [-0.3, -0.25) is 19.2 Å². The zero-order chi connectivity index (χ0) is 37.0. The molecule has 1 unspecified atom stereocenters. The molecule has 2 aromatic rings. The highest BCUT2D eigenvalue weighted by Gasteiger charge is 2.77. The third-order valence-electron chi connectivity index (χ3n) is 10.3. The monoisotopic (exact) mass is 763 g/mol. The molecule has 3 heterocycles. The molecule has 0 aliphatic carbocycles. The van der Waals surface area contributed by atoms with Crippen molar-refractivity contribution in [3.05, 3.63) is 90.5 Å². The van der Waals surface area contributed by atoms with Crippen LogP contribution >= 0.6 is 15.9 Å². The summed E-state index contributed by atoms with van der Waals surface area (Å²) in [6.45, 7) is 15.3. The molecule has 2 aromatic carbocycles. The Morgan fingerprint density at radius 1 is 1.16 bits per heavy atom. The highest BCUT2D eigenvalue weighted by atomic mass is 79.9. The molecule has 2 N–H and O–H groups in total. The normalized spacial score (nSPS) is 26.1. The largest absolute Gasteiger partial charge is 0.455 e. The lowest BCUT2D eigenvalue weighted by Gasteiger charge is -2.40. The van der Waals surface area contributed by atoms with Gasteiger partial charge in [-0.1, -0.05) is 84.4 Å². The topological polar surface area (TPSA) is 125 Å². The molecule has 0 radical (unpaired) electrons. The first kappa shape index (κ1) is 38.4. The number of halogens is 1. The van der Waals surface area contributed by atoms with Crippen LogP contribution in [0.1, 0.15) is 62.3 Å². The smallest absolute Gasteiger partial charge is 0.313 e. The van der Waals surface area contributed by atoms with Crippen molar-refractivity contribution in [2.45, 2.75) is 88.1 Å². The SMILES string of the molecule is C=CCCC(=O)NC[C@@H](OC(=O)[C@H]1[C@@H]2O[C@@]3(CC2Br)[C@@H]1C(=O)N([C@@H](CO)CC(C)C)[C@@H]3C(=O)N(CC=C)c1cc(C)ccc1C)c1ccccc1. The molecule has 5 rings (SSSR count). The summed E-state index contributed by atoms with van der Waals surface area (Å²) in [6, 6.07) is 13.2. The van der Waals surface area contributed by atoms with Crippen LogP contribution in [-0.2, 0) is 28.7 Å². The number of amides is 3. The molecule has 3 amide bonds. The number of carbonyl (C=O) groups excluding carboxylic acids is 4. The summed E-state index contributed by atoms with van der Waals surface area (Å²) >= 11 is 3.75. The van der Waals surface area contributed by atoms with Crippen molar-refractivity contribution < 1.29 is 33.8 Å². The molecule has 2 bridgehead atoms. The predicted molar refractivity (Wildman–Crippen MR) is 199 cm³/mol. The molecule has 0 saturated carbocycles. The molecule has 274 valence electrons. The number of esters is 1. The summed E-state index contributed by atoms with van der Waals surface area (Å²) in [6.07, 6.45) is 3.24. The van der Waals surface area contributed by atoms with Crippen LogP contribution in [0, 0.1) is 31.6 Å². The average molecular weight is 765 g/mol. The minimum atomic E-state index is -1.36. The van der Waals surface area contributed by atoms with E-state index in [2.05, 4.69) is 34.4 Å². The van der Waals surface area contributed by atoms with Gasteiger partial charge < -0.3 is 29.7 Å². The molecule has 51 heavy (non-hydrogen) atoms. The number of aliphatic hydroxyl groups is 1. The second kappa shape index (κ2) is 16.3. The van der Waals surface area contributed by atoms with E-state index in [1.807, 2.05) is 76.2 Å². The molecule has 10 nitrogen and oxygen atoms in total. The molecule has 1 spiro atoms. The average Bonchev–Trinajstić information content (AvgIpc) is 3.71. The van der Waals surface area contributed by atoms with Gasteiger partial charge in [-0.2, -0.15) is 0 Å². The Bertz CT molecular complexity index is 1630. The zero-order valence-corrected chi connectivity index (χ0v) is 31.5. The molecular weight excluding hydrogens is 714 g/mol. The number of benzene rings is 2. The lowest BCUT2D eigenvalue weighted by molar-refractivity contribution is -0.161. The second-order valence-corrected chi connectivity index (χ2v) is 15.5. The van der Waals surface area contributed by atoms with Gasteiger partial charge in [0.15, 0.2) is 0 Å². The Morgan fingerprint density at radius 3 is 2.53 bits per heavy atom. The number of anilines is 1. The van der Waals surface area contributed by atoms with Crippen LogP contribution in [0.3, 0.4) is 0 Å². The second-order valence-electron chi connectivity index (χ2n) is 14.4. The van der Waals surface area contributed by atoms with Crippen LogP contribution in [0.4, 0.5) is 5.69 Å². The maximum absolute atomic E-state index is 15.1. The van der Waals surface area contributed by atoms with E-state index in [0.29, 0.717) is 30.5 Å². The van der Waals surface area contributed by atoms with Gasteiger partial charge >= 0.3 is 5.97 Å². The quantitative estimate of drug-likeness (QED) is 0.134. The molecule has 3 aliphatic heterocycles. The van der Waals surface area contributed by atoms with E-state index in [0.717, 1.165) is 11.1 Å². The number of likely N-dealkylation sites (tertiary alicyclic amines) is 1. The number of aliphatic hydroxyl groups excluding tert-OH is 1. The van der Waals surface area contributed by atoms with Crippen molar-refractivity contribution in [2.24, 2.45) is 17.8 Å². The van der Waals surface area contributed by atoms with Crippen molar-refractivity contribution >= 4 is 45.3 Å². The van der Waals surface area contributed by atoms with Gasteiger partial charge in [0.2, 0.25) is 11.8 Å². The van der Waals surface area contributed by atoms with Gasteiger partial charge in [0.05, 0.1) is 37.1 Å². The van der Waals surface area contributed by atoms with E-state index < -0.39 is 53.6 Å². The lowest BCUT2D eigenvalue weighted by Crippen LogP contribution is -2.59. The van der Waals surface area contributed by atoms with Gasteiger partial charge in [-0.15, -0.1) is 13.2 Å². The highest BCUT2D eigenvalue weighted by molar-refractivity contribution is 9.09. The van der Waals surface area contributed by atoms with Crippen molar-refractivity contribution in [3.63, 3.8) is 0 Å². The van der Waals surface area contributed by atoms with E-state index in [9.17, 15) is 19.5 Å². The van der Waals surface area contributed by atoms with E-state index in [1.54, 1.807) is 17.1 Å². The number of alkyl halides is 1. The predicted octanol–water partition coefficient (Wildman–Crippen LogP) is 5.34. The third kappa shape index (κ3) is 7.57. The number of hydrogen-bond acceptors (Lipinski definition) is 7. The number of ether oxygens (including phenoxy) is 2. The number of hydrogen-bond donors (Lipinski definition) is 2. The fraction of sp³-hybridized carbons (Fsp3) is 0.500. The van der Waals surface area contributed by atoms with E-state index in [4.69, 9.17) is 9.47 Å². The Morgan fingerprint density at radius 2 is 1.88 bits per heavy atom. The summed E-state index contributed by atoms with van der Waals surface area (Å²) in [7, 11) is 0. The minimum absolute atomic E-state index is 0.0338. The van der Waals surface area contributed by atoms with Crippen LogP contribution in [0.5, 0.6) is 0 Å². The standard InChI is InChI=1S/C40H50BrN3O7/c1-7-9-15-32(46)42-22-31(27-13-11-10-12-14-27)50-39(49)33-34-37(47)44(28(23-45)19-24(3)4)36(40(34)21-29(41)35(33)51-40)38(48)43(18-8-2)30-20-25(5)16-17-26(30)6/h7-8,10-14,16-17,20,24,28-29,31,33-36,45H,1-2,9,15,18-19,21-23H2,3-6H3,(H,42,46)/t28-,29?,31-,33-,34+,35-,36-,40+/m1/s1. The molecular formula is C40H50BrN3O7. The summed E-state index contributed by atoms with van der Waals surface area (Å²) in [5.41, 5.74) is 1.85. The van der Waals surface area contributed by atoms with Crippen LogP contribution in [0.25, 0.3) is 0 Å². The van der Waals surface area contributed by atoms with Crippen molar-refractivity contribution in [1.82, 2.24) is 10.2 Å². The highest BCUT2D eigenvalue weighted by Crippen LogP contribution is 2.61. The summed E-state index contributed by atoms with van der Waals surface area (Å²) in [4.78, 5) is 59.7. The Labute approximate surface area is 309 Å². The lowest BCUT2D eigenvalue weighted by atomic mass is 9.70. The van der Waals surface area contributed by atoms with Gasteiger partial charge in [0.1, 0.15) is 17.7 Å². The zero-order valence-electron chi connectivity index (χ0n) is 29.9. The molecule has 3 saturated heterocycles. The summed E-state index contributed by atoms with van der Waals surface area (Å²) < 4.78 is 13.0. The molecule has 3 fully saturated rings. The number of nitrogens with one attached hydrogen (secondary N) is 1. The van der Waals surface area contributed by atoms with Crippen LogP contribution in [0.15, 0.2) is 73.8 Å². The van der Waals surface area contributed by atoms with Gasteiger partial charge in [-0.25, -0.2) is 0 Å². The van der Waals surface area contributed by atoms with Gasteiger partial charge in [0, 0.05) is 23.5 Å². The third-order valence-corrected chi connectivity index (χ3v) is 11.1. The van der Waals surface area contributed by atoms with Gasteiger partial charge in [0.25, 0.3) is 5.91 Å². The van der Waals surface area contributed by atoms with E-state index >= 15 is 4.79 Å². The minimum Gasteiger partial charge on any atom is -0.455 e. The Balaban J connectivity index is 1.55.